The van der Waals surface area contributed by atoms with Crippen LogP contribution in [-0.2, 0) is 0 Å². The van der Waals surface area contributed by atoms with E-state index in [2.05, 4.69) is 41.9 Å². The molecule has 1 unspecified atom stereocenters. The fourth-order valence-corrected chi connectivity index (χ4v) is 4.28. The molecule has 1 fully saturated rings. The summed E-state index contributed by atoms with van der Waals surface area (Å²) in [4.78, 5) is 20.3. The van der Waals surface area contributed by atoms with Gasteiger partial charge in [-0.2, -0.15) is 5.10 Å². The van der Waals surface area contributed by atoms with E-state index in [1.54, 1.807) is 30.7 Å². The van der Waals surface area contributed by atoms with Gasteiger partial charge in [-0.1, -0.05) is 18.1 Å². The zero-order valence-corrected chi connectivity index (χ0v) is 18.7. The molecule has 1 aliphatic rings. The van der Waals surface area contributed by atoms with E-state index < -0.39 is 0 Å². The van der Waals surface area contributed by atoms with Gasteiger partial charge < -0.3 is 4.90 Å². The van der Waals surface area contributed by atoms with E-state index in [1.165, 1.54) is 12.1 Å². The van der Waals surface area contributed by atoms with Crippen LogP contribution in [0.15, 0.2) is 73.2 Å². The van der Waals surface area contributed by atoms with Crippen LogP contribution in [0.4, 0.5) is 10.3 Å². The first-order chi connectivity index (χ1) is 17.2. The number of hydrogen-bond donors (Lipinski definition) is 1. The van der Waals surface area contributed by atoms with E-state index in [9.17, 15) is 4.39 Å². The van der Waals surface area contributed by atoms with E-state index in [-0.39, 0.29) is 5.82 Å². The molecule has 7 nitrogen and oxygen atoms in total. The third-order valence-electron chi connectivity index (χ3n) is 6.12. The second kappa shape index (κ2) is 8.95. The molecule has 0 spiro atoms. The third-order valence-corrected chi connectivity index (χ3v) is 6.12. The van der Waals surface area contributed by atoms with Crippen molar-refractivity contribution in [2.24, 2.45) is 0 Å². The Hall–Kier alpha value is -4.64. The van der Waals surface area contributed by atoms with Gasteiger partial charge in [-0.05, 0) is 60.4 Å². The predicted molar refractivity (Wildman–Crippen MR) is 131 cm³/mol. The molecule has 1 atom stereocenters. The summed E-state index contributed by atoms with van der Waals surface area (Å²) >= 11 is 0. The summed E-state index contributed by atoms with van der Waals surface area (Å²) in [6.45, 7) is 1.61. The molecule has 2 aromatic carbocycles. The molecule has 6 rings (SSSR count). The Balaban J connectivity index is 1.21. The van der Waals surface area contributed by atoms with Crippen LogP contribution in [0.3, 0.4) is 0 Å². The van der Waals surface area contributed by atoms with Gasteiger partial charge in [-0.25, -0.2) is 24.3 Å². The lowest BCUT2D eigenvalue weighted by Gasteiger charge is -2.17. The Kier molecular flexibility index (Phi) is 5.35. The van der Waals surface area contributed by atoms with Gasteiger partial charge in [-0.15, -0.1) is 0 Å². The first-order valence-corrected chi connectivity index (χ1v) is 11.3. The molecule has 4 heterocycles. The maximum atomic E-state index is 13.3. The lowest BCUT2D eigenvalue weighted by Crippen LogP contribution is -2.21. The van der Waals surface area contributed by atoms with Crippen LogP contribution in [-0.4, -0.2) is 43.2 Å². The minimum absolute atomic E-state index is 0.217. The van der Waals surface area contributed by atoms with Crippen molar-refractivity contribution in [1.29, 1.82) is 0 Å². The number of fused-ring (bicyclic) bond motifs is 1. The van der Waals surface area contributed by atoms with E-state index in [4.69, 9.17) is 4.98 Å². The SMILES string of the molecule is Fc1ccc(C2CCN(c3nccc(-c4nccc(C#Cc5ccc6[nH]ncc6c5)n4)n3)C2)cc1. The Morgan fingerprint density at radius 1 is 0.943 bits per heavy atom. The number of nitrogens with one attached hydrogen (secondary N) is 1. The molecule has 0 bridgehead atoms. The summed E-state index contributed by atoms with van der Waals surface area (Å²) in [7, 11) is 0. The normalized spacial score (nSPS) is 15.2. The van der Waals surface area contributed by atoms with Gasteiger partial charge in [0.2, 0.25) is 5.95 Å². The van der Waals surface area contributed by atoms with Gasteiger partial charge in [0.05, 0.1) is 11.7 Å². The monoisotopic (exact) mass is 461 g/mol. The highest BCUT2D eigenvalue weighted by Crippen LogP contribution is 2.29. The van der Waals surface area contributed by atoms with Crippen LogP contribution < -0.4 is 4.90 Å². The molecule has 0 aliphatic carbocycles. The van der Waals surface area contributed by atoms with Crippen molar-refractivity contribution < 1.29 is 4.39 Å². The lowest BCUT2D eigenvalue weighted by molar-refractivity contribution is 0.625. The summed E-state index contributed by atoms with van der Waals surface area (Å²) in [5, 5.41) is 7.99. The van der Waals surface area contributed by atoms with Crippen LogP contribution >= 0.6 is 0 Å². The second-order valence-corrected chi connectivity index (χ2v) is 8.41. The summed E-state index contributed by atoms with van der Waals surface area (Å²) < 4.78 is 13.3. The predicted octanol–water partition coefficient (Wildman–Crippen LogP) is 4.34. The molecular weight excluding hydrogens is 441 g/mol. The van der Waals surface area contributed by atoms with Crippen molar-refractivity contribution in [2.45, 2.75) is 12.3 Å². The van der Waals surface area contributed by atoms with Gasteiger partial charge >= 0.3 is 0 Å². The highest BCUT2D eigenvalue weighted by atomic mass is 19.1. The molecule has 0 saturated carbocycles. The van der Waals surface area contributed by atoms with Crippen molar-refractivity contribution in [3.05, 3.63) is 95.8 Å². The molecular formula is C27H20FN7. The molecule has 35 heavy (non-hydrogen) atoms. The number of nitrogens with zero attached hydrogens (tertiary/aromatic N) is 6. The Morgan fingerprint density at radius 2 is 1.83 bits per heavy atom. The van der Waals surface area contributed by atoms with E-state index in [0.29, 0.717) is 29.1 Å². The van der Waals surface area contributed by atoms with Gasteiger partial charge in [0.1, 0.15) is 17.2 Å². The van der Waals surface area contributed by atoms with Crippen molar-refractivity contribution in [1.82, 2.24) is 30.1 Å². The van der Waals surface area contributed by atoms with Crippen LogP contribution in [0.1, 0.15) is 29.2 Å². The second-order valence-electron chi connectivity index (χ2n) is 8.41. The molecule has 1 saturated heterocycles. The molecule has 1 N–H and O–H groups in total. The highest BCUT2D eigenvalue weighted by Gasteiger charge is 2.26. The van der Waals surface area contributed by atoms with Gasteiger partial charge in [0, 0.05) is 42.4 Å². The van der Waals surface area contributed by atoms with E-state index >= 15 is 0 Å². The standard InChI is InChI=1S/C27H20FN7/c28-22-5-3-19(4-6-22)20-11-14-35(17-20)27-30-13-10-25(33-27)26-29-12-9-23(32-26)7-1-18-2-8-24-21(15-18)16-31-34-24/h2-6,8-10,12-13,15-16,20H,11,14,17H2,(H,31,34). The minimum Gasteiger partial charge on any atom is -0.340 e. The smallest absolute Gasteiger partial charge is 0.225 e. The number of halogens is 1. The largest absolute Gasteiger partial charge is 0.340 e. The molecule has 1 aliphatic heterocycles. The van der Waals surface area contributed by atoms with Crippen molar-refractivity contribution >= 4 is 16.9 Å². The number of rotatable bonds is 3. The topological polar surface area (TPSA) is 83.5 Å². The van der Waals surface area contributed by atoms with Gasteiger partial charge in [0.15, 0.2) is 5.82 Å². The van der Waals surface area contributed by atoms with Gasteiger partial charge in [-0.3, -0.25) is 5.10 Å². The van der Waals surface area contributed by atoms with E-state index in [0.717, 1.165) is 41.5 Å². The Morgan fingerprint density at radius 3 is 2.74 bits per heavy atom. The molecule has 170 valence electrons. The van der Waals surface area contributed by atoms with Crippen LogP contribution in [0.5, 0.6) is 0 Å². The summed E-state index contributed by atoms with van der Waals surface area (Å²) in [6, 6.07) is 16.2. The summed E-state index contributed by atoms with van der Waals surface area (Å²) in [5.74, 6) is 7.51. The summed E-state index contributed by atoms with van der Waals surface area (Å²) in [6.07, 6.45) is 6.15. The number of H-pyrrole nitrogens is 1. The first kappa shape index (κ1) is 20.9. The van der Waals surface area contributed by atoms with Gasteiger partial charge in [0.25, 0.3) is 0 Å². The van der Waals surface area contributed by atoms with Crippen molar-refractivity contribution in [3.8, 4) is 23.4 Å². The molecule has 0 amide bonds. The quantitative estimate of drug-likeness (QED) is 0.403. The fraction of sp³-hybridized carbons (Fsp3) is 0.148. The van der Waals surface area contributed by atoms with E-state index in [1.807, 2.05) is 30.3 Å². The average molecular weight is 462 g/mol. The highest BCUT2D eigenvalue weighted by molar-refractivity contribution is 5.79. The molecule has 5 aromatic rings. The van der Waals surface area contributed by atoms with Crippen LogP contribution in [0.25, 0.3) is 22.4 Å². The average Bonchev–Trinajstić information content (AvgIpc) is 3.58. The number of aromatic amines is 1. The number of aromatic nitrogens is 6. The van der Waals surface area contributed by atoms with Crippen LogP contribution in [0.2, 0.25) is 0 Å². The number of anilines is 1. The maximum Gasteiger partial charge on any atom is 0.225 e. The first-order valence-electron chi connectivity index (χ1n) is 11.3. The Labute approximate surface area is 201 Å². The van der Waals surface area contributed by atoms with Crippen molar-refractivity contribution in [2.75, 3.05) is 18.0 Å². The summed E-state index contributed by atoms with van der Waals surface area (Å²) in [5.41, 5.74) is 4.24. The zero-order valence-electron chi connectivity index (χ0n) is 18.7. The molecule has 3 aromatic heterocycles. The number of benzene rings is 2. The molecule has 8 heteroatoms. The fourth-order valence-electron chi connectivity index (χ4n) is 4.28. The number of hydrogen-bond acceptors (Lipinski definition) is 6. The van der Waals surface area contributed by atoms with Crippen LogP contribution in [0, 0.1) is 17.7 Å². The zero-order chi connectivity index (χ0) is 23.6. The lowest BCUT2D eigenvalue weighted by atomic mass is 9.99. The molecule has 0 radical (unpaired) electrons. The maximum absolute atomic E-state index is 13.3. The Bertz CT molecular complexity index is 1570. The third kappa shape index (κ3) is 4.44. The minimum atomic E-state index is -0.217. The van der Waals surface area contributed by atoms with Crippen molar-refractivity contribution in [3.63, 3.8) is 0 Å².